The Morgan fingerprint density at radius 2 is 2.17 bits per heavy atom. The lowest BCUT2D eigenvalue weighted by atomic mass is 9.92. The molecule has 2 heterocycles. The second-order valence-corrected chi connectivity index (χ2v) is 8.58. The molecule has 5 heteroatoms. The monoisotopic (exact) mass is 404 g/mol. The van der Waals surface area contributed by atoms with Crippen LogP contribution in [0.4, 0.5) is 5.82 Å². The van der Waals surface area contributed by atoms with E-state index < -0.39 is 0 Å². The molecule has 1 aliphatic rings. The van der Waals surface area contributed by atoms with Crippen molar-refractivity contribution in [3.63, 3.8) is 0 Å². The smallest absolute Gasteiger partial charge is 0.305 e. The number of hydrogen-bond donors (Lipinski definition) is 1. The molecule has 1 saturated heterocycles. The molecule has 3 unspecified atom stereocenters. The van der Waals surface area contributed by atoms with Gasteiger partial charge in [-0.05, 0) is 56.1 Å². The summed E-state index contributed by atoms with van der Waals surface area (Å²) in [6.45, 7) is 10.3. The lowest BCUT2D eigenvalue weighted by molar-refractivity contribution is -0.145. The number of anilines is 1. The fraction of sp³-hybridized carbons (Fsp3) is 0.750. The number of hydrogen-bond acceptors (Lipinski definition) is 5. The molecule has 3 atom stereocenters. The zero-order chi connectivity index (χ0) is 21.2. The van der Waals surface area contributed by atoms with Gasteiger partial charge in [-0.15, -0.1) is 0 Å². The molecule has 0 amide bonds. The van der Waals surface area contributed by atoms with Crippen LogP contribution in [-0.2, 0) is 9.53 Å². The summed E-state index contributed by atoms with van der Waals surface area (Å²) >= 11 is 0. The zero-order valence-electron chi connectivity index (χ0n) is 18.8. The van der Waals surface area contributed by atoms with Crippen LogP contribution in [0, 0.1) is 12.8 Å². The largest absolute Gasteiger partial charge is 0.465 e. The molecule has 0 aromatic carbocycles. The fourth-order valence-corrected chi connectivity index (χ4v) is 4.36. The first-order valence-corrected chi connectivity index (χ1v) is 11.5. The van der Waals surface area contributed by atoms with E-state index in [1.54, 1.807) is 0 Å². The Morgan fingerprint density at radius 3 is 2.86 bits per heavy atom. The first-order valence-electron chi connectivity index (χ1n) is 11.5. The molecule has 1 N–H and O–H groups in total. The predicted molar refractivity (Wildman–Crippen MR) is 118 cm³/mol. The number of aryl methyl sites for hydroxylation is 1. The van der Waals surface area contributed by atoms with Gasteiger partial charge in [0, 0.05) is 24.7 Å². The molecule has 2 rings (SSSR count). The standard InChI is InChI=1S/C24H40N2O3/c1-5-7-9-20(6-2)17-29-22(28)12-11-18(3)23-19(4)13-14-25-24(23)26-15-8-10-21(26)16-27/h13-14,18,20-21,27H,5-12,15-17H2,1-4H3. The van der Waals surface area contributed by atoms with E-state index in [0.717, 1.165) is 44.5 Å². The summed E-state index contributed by atoms with van der Waals surface area (Å²) in [5, 5.41) is 9.72. The topological polar surface area (TPSA) is 62.7 Å². The summed E-state index contributed by atoms with van der Waals surface area (Å²) in [6, 6.07) is 2.19. The van der Waals surface area contributed by atoms with Crippen LogP contribution in [0.15, 0.2) is 12.3 Å². The molecular weight excluding hydrogens is 364 g/mol. The lowest BCUT2D eigenvalue weighted by Gasteiger charge is -2.29. The van der Waals surface area contributed by atoms with Gasteiger partial charge in [-0.3, -0.25) is 4.79 Å². The number of carbonyl (C=O) groups is 1. The van der Waals surface area contributed by atoms with Crippen molar-refractivity contribution in [1.29, 1.82) is 0 Å². The van der Waals surface area contributed by atoms with Crippen LogP contribution in [0.25, 0.3) is 0 Å². The van der Waals surface area contributed by atoms with Crippen molar-refractivity contribution >= 4 is 11.8 Å². The van der Waals surface area contributed by atoms with Crippen molar-refractivity contribution in [2.45, 2.75) is 91.0 Å². The van der Waals surface area contributed by atoms with Gasteiger partial charge in [0.15, 0.2) is 0 Å². The van der Waals surface area contributed by atoms with Crippen LogP contribution in [0.1, 0.15) is 89.2 Å². The molecule has 1 aromatic rings. The van der Waals surface area contributed by atoms with E-state index in [-0.39, 0.29) is 24.5 Å². The summed E-state index contributed by atoms with van der Waals surface area (Å²) in [5.41, 5.74) is 2.40. The Labute approximate surface area is 176 Å². The molecule has 0 bridgehead atoms. The fourth-order valence-electron chi connectivity index (χ4n) is 4.36. The van der Waals surface area contributed by atoms with E-state index in [4.69, 9.17) is 4.74 Å². The summed E-state index contributed by atoms with van der Waals surface area (Å²) in [4.78, 5) is 19.2. The number of nitrogens with zero attached hydrogens (tertiary/aromatic N) is 2. The number of aromatic nitrogens is 1. The summed E-state index contributed by atoms with van der Waals surface area (Å²) in [5.74, 6) is 1.58. The first kappa shape index (κ1) is 23.7. The molecule has 29 heavy (non-hydrogen) atoms. The summed E-state index contributed by atoms with van der Waals surface area (Å²) < 4.78 is 5.58. The van der Waals surface area contributed by atoms with Crippen molar-refractivity contribution in [2.75, 3.05) is 24.7 Å². The van der Waals surface area contributed by atoms with Gasteiger partial charge < -0.3 is 14.7 Å². The third-order valence-corrected chi connectivity index (χ3v) is 6.34. The minimum atomic E-state index is -0.0932. The van der Waals surface area contributed by atoms with Gasteiger partial charge in [-0.25, -0.2) is 4.98 Å². The number of pyridine rings is 1. The van der Waals surface area contributed by atoms with Crippen LogP contribution >= 0.6 is 0 Å². The second kappa shape index (κ2) is 12.2. The van der Waals surface area contributed by atoms with E-state index >= 15 is 0 Å². The molecule has 164 valence electrons. The molecule has 0 spiro atoms. The number of aliphatic hydroxyl groups excluding tert-OH is 1. The van der Waals surface area contributed by atoms with Crippen molar-refractivity contribution in [3.8, 4) is 0 Å². The molecule has 1 aromatic heterocycles. The SMILES string of the molecule is CCCCC(CC)COC(=O)CCC(C)c1c(C)ccnc1N1CCCC1CO. The Balaban J connectivity index is 1.95. The molecule has 5 nitrogen and oxygen atoms in total. The second-order valence-electron chi connectivity index (χ2n) is 8.58. The number of unbranched alkanes of at least 4 members (excludes halogenated alkanes) is 1. The number of esters is 1. The van der Waals surface area contributed by atoms with Gasteiger partial charge in [0.1, 0.15) is 5.82 Å². The first-order chi connectivity index (χ1) is 14.0. The molecular formula is C24H40N2O3. The van der Waals surface area contributed by atoms with Crippen molar-refractivity contribution < 1.29 is 14.6 Å². The van der Waals surface area contributed by atoms with Gasteiger partial charge in [0.2, 0.25) is 0 Å². The maximum absolute atomic E-state index is 12.3. The number of aliphatic hydroxyl groups is 1. The lowest BCUT2D eigenvalue weighted by Crippen LogP contribution is -2.34. The Hall–Kier alpha value is -1.62. The normalized spacial score (nSPS) is 18.7. The van der Waals surface area contributed by atoms with Crippen LogP contribution in [-0.4, -0.2) is 41.9 Å². The average molecular weight is 405 g/mol. The highest BCUT2D eigenvalue weighted by Crippen LogP contribution is 2.35. The summed E-state index contributed by atoms with van der Waals surface area (Å²) in [7, 11) is 0. The molecule has 0 aliphatic carbocycles. The van der Waals surface area contributed by atoms with Gasteiger partial charge in [-0.1, -0.05) is 40.0 Å². The third kappa shape index (κ3) is 6.70. The molecule has 1 fully saturated rings. The molecule has 0 radical (unpaired) electrons. The molecule has 0 saturated carbocycles. The number of ether oxygens (including phenoxy) is 1. The minimum Gasteiger partial charge on any atom is -0.465 e. The van der Waals surface area contributed by atoms with Crippen LogP contribution in [0.5, 0.6) is 0 Å². The van der Waals surface area contributed by atoms with Gasteiger partial charge >= 0.3 is 5.97 Å². The van der Waals surface area contributed by atoms with E-state index in [0.29, 0.717) is 18.9 Å². The van der Waals surface area contributed by atoms with Gasteiger partial charge in [0.05, 0.1) is 19.3 Å². The zero-order valence-corrected chi connectivity index (χ0v) is 18.8. The highest BCUT2D eigenvalue weighted by atomic mass is 16.5. The predicted octanol–water partition coefficient (Wildman–Crippen LogP) is 4.99. The maximum Gasteiger partial charge on any atom is 0.305 e. The van der Waals surface area contributed by atoms with E-state index in [1.165, 1.54) is 24.0 Å². The van der Waals surface area contributed by atoms with Crippen LogP contribution in [0.2, 0.25) is 0 Å². The average Bonchev–Trinajstić information content (AvgIpc) is 3.20. The minimum absolute atomic E-state index is 0.0932. The Kier molecular flexibility index (Phi) is 9.92. The quantitative estimate of drug-likeness (QED) is 0.497. The summed E-state index contributed by atoms with van der Waals surface area (Å²) in [6.07, 6.45) is 9.69. The van der Waals surface area contributed by atoms with Crippen molar-refractivity contribution in [2.24, 2.45) is 5.92 Å². The van der Waals surface area contributed by atoms with E-state index in [2.05, 4.69) is 37.6 Å². The van der Waals surface area contributed by atoms with Crippen LogP contribution < -0.4 is 4.90 Å². The number of carbonyl (C=O) groups excluding carboxylic acids is 1. The van der Waals surface area contributed by atoms with E-state index in [1.807, 2.05) is 12.3 Å². The highest BCUT2D eigenvalue weighted by molar-refractivity contribution is 5.69. The van der Waals surface area contributed by atoms with Crippen molar-refractivity contribution in [3.05, 3.63) is 23.4 Å². The maximum atomic E-state index is 12.3. The van der Waals surface area contributed by atoms with Gasteiger partial charge in [-0.2, -0.15) is 0 Å². The highest BCUT2D eigenvalue weighted by Gasteiger charge is 2.28. The molecule has 1 aliphatic heterocycles. The third-order valence-electron chi connectivity index (χ3n) is 6.34. The van der Waals surface area contributed by atoms with Gasteiger partial charge in [0.25, 0.3) is 0 Å². The van der Waals surface area contributed by atoms with E-state index in [9.17, 15) is 9.90 Å². The Bertz CT molecular complexity index is 635. The number of rotatable bonds is 12. The Morgan fingerprint density at radius 1 is 1.38 bits per heavy atom. The van der Waals surface area contributed by atoms with Crippen molar-refractivity contribution in [1.82, 2.24) is 4.98 Å². The van der Waals surface area contributed by atoms with Crippen LogP contribution in [0.3, 0.4) is 0 Å².